The van der Waals surface area contributed by atoms with Gasteiger partial charge in [-0.05, 0) is 23.9 Å². The molecule has 0 aromatic heterocycles. The zero-order valence-corrected chi connectivity index (χ0v) is 7.83. The highest BCUT2D eigenvalue weighted by molar-refractivity contribution is 5.49. The van der Waals surface area contributed by atoms with Crippen LogP contribution in [0.1, 0.15) is 23.6 Å². The molecule has 0 heterocycles. The summed E-state index contributed by atoms with van der Waals surface area (Å²) in [6, 6.07) is 4.65. The normalized spacial score (nSPS) is 18.0. The third kappa shape index (κ3) is 1.51. The van der Waals surface area contributed by atoms with E-state index in [9.17, 15) is 10.1 Å². The molecule has 0 saturated carbocycles. The standard InChI is InChI=1S/C9H8N4O2/c10-12-11-8-5-4-7-6(8)2-1-3-9(7)13(14)15/h1-3,8H,4-5H2/t8-/m1/s1. The number of benzene rings is 1. The summed E-state index contributed by atoms with van der Waals surface area (Å²) < 4.78 is 0. The van der Waals surface area contributed by atoms with E-state index in [1.807, 2.05) is 0 Å². The maximum Gasteiger partial charge on any atom is 0.272 e. The lowest BCUT2D eigenvalue weighted by molar-refractivity contribution is -0.385. The maximum absolute atomic E-state index is 10.7. The second-order valence-electron chi connectivity index (χ2n) is 3.36. The summed E-state index contributed by atoms with van der Waals surface area (Å²) in [6.07, 6.45) is 1.26. The number of azide groups is 1. The van der Waals surface area contributed by atoms with Gasteiger partial charge in [-0.2, -0.15) is 0 Å². The summed E-state index contributed by atoms with van der Waals surface area (Å²) in [5.74, 6) is 0. The van der Waals surface area contributed by atoms with Crippen LogP contribution in [0.4, 0.5) is 5.69 Å². The number of nitro benzene ring substituents is 1. The molecule has 0 radical (unpaired) electrons. The number of nitro groups is 1. The molecule has 1 aromatic rings. The number of nitrogens with zero attached hydrogens (tertiary/aromatic N) is 4. The highest BCUT2D eigenvalue weighted by Crippen LogP contribution is 2.38. The van der Waals surface area contributed by atoms with Gasteiger partial charge in [0.25, 0.3) is 5.69 Å². The molecule has 6 heteroatoms. The fourth-order valence-electron chi connectivity index (χ4n) is 1.97. The molecule has 1 atom stereocenters. The molecular weight excluding hydrogens is 196 g/mol. The Kier molecular flexibility index (Phi) is 2.27. The van der Waals surface area contributed by atoms with E-state index in [0.29, 0.717) is 18.4 Å². The van der Waals surface area contributed by atoms with E-state index in [-0.39, 0.29) is 11.7 Å². The van der Waals surface area contributed by atoms with Crippen molar-refractivity contribution in [3.05, 3.63) is 49.9 Å². The van der Waals surface area contributed by atoms with E-state index in [2.05, 4.69) is 10.0 Å². The molecule has 0 spiro atoms. The smallest absolute Gasteiger partial charge is 0.258 e. The molecule has 6 nitrogen and oxygen atoms in total. The Labute approximate surface area is 85.3 Å². The Morgan fingerprint density at radius 3 is 3.07 bits per heavy atom. The summed E-state index contributed by atoms with van der Waals surface area (Å²) in [6.45, 7) is 0. The molecule has 0 amide bonds. The van der Waals surface area contributed by atoms with Gasteiger partial charge in [0.2, 0.25) is 0 Å². The van der Waals surface area contributed by atoms with Gasteiger partial charge in [0.05, 0.1) is 11.0 Å². The average Bonchev–Trinajstić information content (AvgIpc) is 2.62. The Hall–Kier alpha value is -2.07. The largest absolute Gasteiger partial charge is 0.272 e. The average molecular weight is 204 g/mol. The SMILES string of the molecule is [N-]=[N+]=N[C@@H]1CCc2c1cccc2[N+](=O)[O-]. The van der Waals surface area contributed by atoms with E-state index < -0.39 is 4.92 Å². The van der Waals surface area contributed by atoms with Gasteiger partial charge in [-0.1, -0.05) is 17.2 Å². The molecule has 0 unspecified atom stereocenters. The minimum absolute atomic E-state index is 0.128. The van der Waals surface area contributed by atoms with Crippen molar-refractivity contribution in [1.82, 2.24) is 0 Å². The Bertz CT molecular complexity index is 465. The van der Waals surface area contributed by atoms with Gasteiger partial charge in [-0.3, -0.25) is 10.1 Å². The maximum atomic E-state index is 10.7. The number of hydrogen-bond acceptors (Lipinski definition) is 3. The van der Waals surface area contributed by atoms with Crippen molar-refractivity contribution < 1.29 is 4.92 Å². The van der Waals surface area contributed by atoms with Crippen molar-refractivity contribution in [2.75, 3.05) is 0 Å². The van der Waals surface area contributed by atoms with Crippen LogP contribution < -0.4 is 0 Å². The Balaban J connectivity index is 2.52. The lowest BCUT2D eigenvalue weighted by Gasteiger charge is -2.03. The van der Waals surface area contributed by atoms with Crippen LogP contribution in [0.5, 0.6) is 0 Å². The minimum Gasteiger partial charge on any atom is -0.258 e. The van der Waals surface area contributed by atoms with Crippen molar-refractivity contribution in [3.8, 4) is 0 Å². The molecule has 76 valence electrons. The summed E-state index contributed by atoms with van der Waals surface area (Å²) in [5.41, 5.74) is 9.98. The highest BCUT2D eigenvalue weighted by atomic mass is 16.6. The van der Waals surface area contributed by atoms with Gasteiger partial charge in [0.1, 0.15) is 0 Å². The lowest BCUT2D eigenvalue weighted by atomic mass is 10.1. The molecule has 0 saturated heterocycles. The van der Waals surface area contributed by atoms with E-state index >= 15 is 0 Å². The Morgan fingerprint density at radius 2 is 2.40 bits per heavy atom. The first-order valence-corrected chi connectivity index (χ1v) is 4.54. The second kappa shape index (κ2) is 3.59. The predicted molar refractivity (Wildman–Crippen MR) is 53.3 cm³/mol. The van der Waals surface area contributed by atoms with Crippen LogP contribution in [0, 0.1) is 10.1 Å². The van der Waals surface area contributed by atoms with E-state index in [0.717, 1.165) is 5.56 Å². The van der Waals surface area contributed by atoms with Crippen molar-refractivity contribution in [2.45, 2.75) is 18.9 Å². The van der Waals surface area contributed by atoms with Crippen molar-refractivity contribution >= 4 is 5.69 Å². The summed E-state index contributed by atoms with van der Waals surface area (Å²) in [5, 5.41) is 14.4. The van der Waals surface area contributed by atoms with Gasteiger partial charge < -0.3 is 0 Å². The van der Waals surface area contributed by atoms with E-state index in [4.69, 9.17) is 5.53 Å². The fraction of sp³-hybridized carbons (Fsp3) is 0.333. The zero-order valence-electron chi connectivity index (χ0n) is 7.83. The molecule has 1 aliphatic carbocycles. The summed E-state index contributed by atoms with van der Waals surface area (Å²) in [4.78, 5) is 13.1. The molecule has 1 aromatic carbocycles. The first-order valence-electron chi connectivity index (χ1n) is 4.54. The first kappa shape index (κ1) is 9.48. The van der Waals surface area contributed by atoms with E-state index in [1.165, 1.54) is 6.07 Å². The van der Waals surface area contributed by atoms with Crippen LogP contribution in [0.25, 0.3) is 10.4 Å². The molecule has 0 bridgehead atoms. The lowest BCUT2D eigenvalue weighted by Crippen LogP contribution is -1.94. The second-order valence-corrected chi connectivity index (χ2v) is 3.36. The van der Waals surface area contributed by atoms with Crippen molar-refractivity contribution in [3.63, 3.8) is 0 Å². The van der Waals surface area contributed by atoms with Crippen LogP contribution in [0.3, 0.4) is 0 Å². The number of fused-ring (bicyclic) bond motifs is 1. The molecule has 0 N–H and O–H groups in total. The zero-order chi connectivity index (χ0) is 10.8. The first-order chi connectivity index (χ1) is 7.24. The van der Waals surface area contributed by atoms with Crippen molar-refractivity contribution in [1.29, 1.82) is 0 Å². The van der Waals surface area contributed by atoms with Gasteiger partial charge in [-0.25, -0.2) is 0 Å². The molecule has 1 aliphatic rings. The molecular formula is C9H8N4O2. The van der Waals surface area contributed by atoms with Crippen LogP contribution in [0.15, 0.2) is 23.3 Å². The van der Waals surface area contributed by atoms with Crippen LogP contribution in [-0.4, -0.2) is 4.92 Å². The third-order valence-corrected chi connectivity index (χ3v) is 2.60. The fourth-order valence-corrected chi connectivity index (χ4v) is 1.97. The predicted octanol–water partition coefficient (Wildman–Crippen LogP) is 2.89. The van der Waals surface area contributed by atoms with Gasteiger partial charge in [0.15, 0.2) is 0 Å². The van der Waals surface area contributed by atoms with Crippen molar-refractivity contribution in [2.24, 2.45) is 5.11 Å². The molecule has 2 rings (SSSR count). The number of hydrogen-bond donors (Lipinski definition) is 0. The van der Waals surface area contributed by atoms with Gasteiger partial charge >= 0.3 is 0 Å². The molecule has 0 aliphatic heterocycles. The molecule has 15 heavy (non-hydrogen) atoms. The van der Waals surface area contributed by atoms with Crippen LogP contribution in [0.2, 0.25) is 0 Å². The summed E-state index contributed by atoms with van der Waals surface area (Å²) >= 11 is 0. The monoisotopic (exact) mass is 204 g/mol. The summed E-state index contributed by atoms with van der Waals surface area (Å²) in [7, 11) is 0. The number of rotatable bonds is 2. The topological polar surface area (TPSA) is 91.9 Å². The molecule has 0 fully saturated rings. The van der Waals surface area contributed by atoms with Crippen LogP contribution in [-0.2, 0) is 6.42 Å². The minimum atomic E-state index is -0.392. The highest BCUT2D eigenvalue weighted by Gasteiger charge is 2.27. The Morgan fingerprint density at radius 1 is 1.60 bits per heavy atom. The third-order valence-electron chi connectivity index (χ3n) is 2.60. The van der Waals surface area contributed by atoms with Crippen LogP contribution >= 0.6 is 0 Å². The van der Waals surface area contributed by atoms with Gasteiger partial charge in [0, 0.05) is 16.5 Å². The quantitative estimate of drug-likeness (QED) is 0.243. The van der Waals surface area contributed by atoms with Gasteiger partial charge in [-0.15, -0.1) is 0 Å². The van der Waals surface area contributed by atoms with E-state index in [1.54, 1.807) is 12.1 Å².